The normalized spacial score (nSPS) is 12.1. The summed E-state index contributed by atoms with van der Waals surface area (Å²) in [6.07, 6.45) is 0. The zero-order valence-corrected chi connectivity index (χ0v) is 12.5. The summed E-state index contributed by atoms with van der Waals surface area (Å²) < 4.78 is 18.6. The van der Waals surface area contributed by atoms with Crippen molar-refractivity contribution in [2.45, 2.75) is 19.9 Å². The second-order valence-electron chi connectivity index (χ2n) is 4.32. The molecule has 0 aliphatic rings. The lowest BCUT2D eigenvalue weighted by molar-refractivity contribution is -0.144. The highest BCUT2D eigenvalue weighted by molar-refractivity contribution is 9.10. The van der Waals surface area contributed by atoms with Gasteiger partial charge in [0, 0.05) is 0 Å². The Morgan fingerprint density at radius 1 is 1.37 bits per heavy atom. The van der Waals surface area contributed by atoms with Crippen LogP contribution in [0.25, 0.3) is 0 Å². The van der Waals surface area contributed by atoms with Gasteiger partial charge in [0.25, 0.3) is 5.91 Å². The zero-order valence-electron chi connectivity index (χ0n) is 10.9. The summed E-state index contributed by atoms with van der Waals surface area (Å²) in [6, 6.07) is 3.58. The Hall–Kier alpha value is -1.43. The molecule has 1 N–H and O–H groups in total. The average molecular weight is 332 g/mol. The highest BCUT2D eigenvalue weighted by atomic mass is 79.9. The molecule has 0 saturated heterocycles. The Balaban J connectivity index is 2.94. The zero-order chi connectivity index (χ0) is 14.6. The summed E-state index contributed by atoms with van der Waals surface area (Å²) in [4.78, 5) is 23.5. The number of hydrogen-bond donors (Lipinski definition) is 1. The van der Waals surface area contributed by atoms with Crippen molar-refractivity contribution in [3.63, 3.8) is 0 Å². The third kappa shape index (κ3) is 3.76. The Kier molecular flexibility index (Phi) is 5.47. The second-order valence-corrected chi connectivity index (χ2v) is 5.17. The summed E-state index contributed by atoms with van der Waals surface area (Å²) in [7, 11) is 1.24. The third-order valence-electron chi connectivity index (χ3n) is 2.60. The van der Waals surface area contributed by atoms with Crippen LogP contribution in [0.2, 0.25) is 0 Å². The molecule has 0 spiro atoms. The van der Waals surface area contributed by atoms with Crippen LogP contribution in [-0.4, -0.2) is 25.0 Å². The van der Waals surface area contributed by atoms with E-state index in [2.05, 4.69) is 26.0 Å². The monoisotopic (exact) mass is 331 g/mol. The molecule has 1 atom stereocenters. The van der Waals surface area contributed by atoms with Crippen LogP contribution >= 0.6 is 15.9 Å². The van der Waals surface area contributed by atoms with E-state index >= 15 is 0 Å². The number of carbonyl (C=O) groups excluding carboxylic acids is 2. The van der Waals surface area contributed by atoms with Crippen LogP contribution in [-0.2, 0) is 9.53 Å². The van der Waals surface area contributed by atoms with Crippen LogP contribution in [0.3, 0.4) is 0 Å². The standard InChI is InChI=1S/C13H15BrFNO3/c1-7(2)11(13(18)19-3)16-12(17)8-5-4-6-9(14)10(8)15/h4-7,11H,1-3H3,(H,16,17)/t11-/m0/s1. The molecule has 4 nitrogen and oxygen atoms in total. The van der Waals surface area contributed by atoms with Gasteiger partial charge in [0.15, 0.2) is 0 Å². The molecule has 0 saturated carbocycles. The first-order valence-electron chi connectivity index (χ1n) is 5.71. The number of benzene rings is 1. The Morgan fingerprint density at radius 3 is 2.53 bits per heavy atom. The average Bonchev–Trinajstić information content (AvgIpc) is 2.37. The first-order valence-corrected chi connectivity index (χ1v) is 6.50. The van der Waals surface area contributed by atoms with Gasteiger partial charge in [0.05, 0.1) is 17.1 Å². The largest absolute Gasteiger partial charge is 0.467 e. The molecule has 0 radical (unpaired) electrons. The smallest absolute Gasteiger partial charge is 0.328 e. The molecular formula is C13H15BrFNO3. The van der Waals surface area contributed by atoms with Crippen molar-refractivity contribution in [3.8, 4) is 0 Å². The SMILES string of the molecule is COC(=O)[C@@H](NC(=O)c1cccc(Br)c1F)C(C)C. The molecule has 0 aliphatic heterocycles. The summed E-state index contributed by atoms with van der Waals surface area (Å²) in [5, 5.41) is 2.48. The lowest BCUT2D eigenvalue weighted by Gasteiger charge is -2.20. The Bertz CT molecular complexity index is 491. The fraction of sp³-hybridized carbons (Fsp3) is 0.385. The van der Waals surface area contributed by atoms with Crippen molar-refractivity contribution in [3.05, 3.63) is 34.1 Å². The van der Waals surface area contributed by atoms with Gasteiger partial charge in [0.1, 0.15) is 11.9 Å². The number of halogens is 2. The van der Waals surface area contributed by atoms with E-state index in [-0.39, 0.29) is 16.0 Å². The third-order valence-corrected chi connectivity index (χ3v) is 3.22. The maximum atomic E-state index is 13.8. The lowest BCUT2D eigenvalue weighted by atomic mass is 10.0. The van der Waals surface area contributed by atoms with Crippen molar-refractivity contribution in [2.75, 3.05) is 7.11 Å². The number of carbonyl (C=O) groups is 2. The number of ether oxygens (including phenoxy) is 1. The van der Waals surface area contributed by atoms with Crippen LogP contribution in [0.1, 0.15) is 24.2 Å². The van der Waals surface area contributed by atoms with E-state index in [1.165, 1.54) is 19.2 Å². The molecule has 1 aromatic rings. The first-order chi connectivity index (χ1) is 8.88. The maximum Gasteiger partial charge on any atom is 0.328 e. The number of esters is 1. The number of nitrogens with one attached hydrogen (secondary N) is 1. The summed E-state index contributed by atoms with van der Waals surface area (Å²) >= 11 is 3.01. The molecular weight excluding hydrogens is 317 g/mol. The van der Waals surface area contributed by atoms with Gasteiger partial charge >= 0.3 is 5.97 Å². The summed E-state index contributed by atoms with van der Waals surface area (Å²) in [5.41, 5.74) is -0.121. The van der Waals surface area contributed by atoms with Crippen molar-refractivity contribution < 1.29 is 18.7 Å². The molecule has 0 unspecified atom stereocenters. The molecule has 0 aliphatic carbocycles. The van der Waals surface area contributed by atoms with Gasteiger partial charge in [-0.2, -0.15) is 0 Å². The minimum absolute atomic E-state index is 0.121. The van der Waals surface area contributed by atoms with Crippen LogP contribution in [0.15, 0.2) is 22.7 Å². The Labute approximate surface area is 119 Å². The summed E-state index contributed by atoms with van der Waals surface area (Å²) in [6.45, 7) is 3.53. The molecule has 1 rings (SSSR count). The fourth-order valence-electron chi connectivity index (χ4n) is 1.52. The van der Waals surface area contributed by atoms with Gasteiger partial charge in [0.2, 0.25) is 0 Å². The fourth-order valence-corrected chi connectivity index (χ4v) is 1.89. The van der Waals surface area contributed by atoms with E-state index in [1.54, 1.807) is 19.9 Å². The molecule has 1 amide bonds. The van der Waals surface area contributed by atoms with Gasteiger partial charge in [-0.3, -0.25) is 4.79 Å². The lowest BCUT2D eigenvalue weighted by Crippen LogP contribution is -2.45. The van der Waals surface area contributed by atoms with Crippen molar-refractivity contribution in [1.82, 2.24) is 5.32 Å². The van der Waals surface area contributed by atoms with E-state index in [0.29, 0.717) is 0 Å². The molecule has 19 heavy (non-hydrogen) atoms. The van der Waals surface area contributed by atoms with Crippen LogP contribution in [0.5, 0.6) is 0 Å². The van der Waals surface area contributed by atoms with Crippen LogP contribution < -0.4 is 5.32 Å². The van der Waals surface area contributed by atoms with Crippen molar-refractivity contribution in [1.29, 1.82) is 0 Å². The maximum absolute atomic E-state index is 13.8. The van der Waals surface area contributed by atoms with Gasteiger partial charge in [-0.25, -0.2) is 9.18 Å². The summed E-state index contributed by atoms with van der Waals surface area (Å²) in [5.74, 6) is -2.03. The minimum atomic E-state index is -0.809. The predicted molar refractivity (Wildman–Crippen MR) is 72.2 cm³/mol. The molecule has 0 heterocycles. The van der Waals surface area contributed by atoms with Crippen molar-refractivity contribution >= 4 is 27.8 Å². The second kappa shape index (κ2) is 6.65. The van der Waals surface area contributed by atoms with Crippen molar-refractivity contribution in [2.24, 2.45) is 5.92 Å². The van der Waals surface area contributed by atoms with Gasteiger partial charge in [-0.15, -0.1) is 0 Å². The van der Waals surface area contributed by atoms with Crippen LogP contribution in [0, 0.1) is 11.7 Å². The van der Waals surface area contributed by atoms with E-state index in [0.717, 1.165) is 0 Å². The molecule has 0 fully saturated rings. The predicted octanol–water partition coefficient (Wildman–Crippen LogP) is 2.52. The minimum Gasteiger partial charge on any atom is -0.467 e. The molecule has 0 bridgehead atoms. The first kappa shape index (κ1) is 15.6. The number of methoxy groups -OCH3 is 1. The number of rotatable bonds is 4. The van der Waals surface area contributed by atoms with E-state index in [4.69, 9.17) is 0 Å². The molecule has 1 aromatic carbocycles. The van der Waals surface area contributed by atoms with E-state index in [9.17, 15) is 14.0 Å². The quantitative estimate of drug-likeness (QED) is 0.862. The highest BCUT2D eigenvalue weighted by Crippen LogP contribution is 2.19. The van der Waals surface area contributed by atoms with E-state index in [1.807, 2.05) is 0 Å². The number of hydrogen-bond acceptors (Lipinski definition) is 3. The van der Waals surface area contributed by atoms with E-state index < -0.39 is 23.7 Å². The van der Waals surface area contributed by atoms with Gasteiger partial charge < -0.3 is 10.1 Å². The topological polar surface area (TPSA) is 55.4 Å². The number of amides is 1. The molecule has 6 heteroatoms. The highest BCUT2D eigenvalue weighted by Gasteiger charge is 2.26. The van der Waals surface area contributed by atoms with Gasteiger partial charge in [-0.1, -0.05) is 19.9 Å². The van der Waals surface area contributed by atoms with Crippen LogP contribution in [0.4, 0.5) is 4.39 Å². The molecule has 104 valence electrons. The van der Waals surface area contributed by atoms with Gasteiger partial charge in [-0.05, 0) is 34.0 Å². The molecule has 0 aromatic heterocycles. The Morgan fingerprint density at radius 2 is 2.00 bits per heavy atom.